The Bertz CT molecular complexity index is 385. The number of rotatable bonds is 8. The molecule has 0 aliphatic heterocycles. The van der Waals surface area contributed by atoms with Crippen LogP contribution in [0.25, 0.3) is 0 Å². The van der Waals surface area contributed by atoms with Gasteiger partial charge in [-0.2, -0.15) is 11.8 Å². The third kappa shape index (κ3) is 6.02. The lowest BCUT2D eigenvalue weighted by molar-refractivity contribution is 0.552. The van der Waals surface area contributed by atoms with Crippen LogP contribution in [0.1, 0.15) is 19.4 Å². The highest BCUT2D eigenvalue weighted by Crippen LogP contribution is 2.23. The molecule has 0 saturated carbocycles. The van der Waals surface area contributed by atoms with Crippen LogP contribution in [-0.2, 0) is 6.54 Å². The standard InChI is InChI=1S/C14H24ClN3S/c1-11(2)8-16-9-12-7-13(15)14(17-10-12)18(3)5-6-19-4/h7,10-11,16H,5-6,8-9H2,1-4H3. The quantitative estimate of drug-likeness (QED) is 0.797. The van der Waals surface area contributed by atoms with Gasteiger partial charge >= 0.3 is 0 Å². The monoisotopic (exact) mass is 301 g/mol. The highest BCUT2D eigenvalue weighted by Gasteiger charge is 2.08. The molecule has 0 saturated heterocycles. The average molecular weight is 302 g/mol. The minimum atomic E-state index is 0.653. The third-order valence-electron chi connectivity index (χ3n) is 2.75. The highest BCUT2D eigenvalue weighted by molar-refractivity contribution is 7.98. The van der Waals surface area contributed by atoms with E-state index in [4.69, 9.17) is 11.6 Å². The van der Waals surface area contributed by atoms with Crippen LogP contribution < -0.4 is 10.2 Å². The van der Waals surface area contributed by atoms with Crippen molar-refractivity contribution in [2.24, 2.45) is 5.92 Å². The van der Waals surface area contributed by atoms with Gasteiger partial charge in [0, 0.05) is 32.1 Å². The van der Waals surface area contributed by atoms with E-state index in [0.717, 1.165) is 41.8 Å². The maximum Gasteiger partial charge on any atom is 0.147 e. The van der Waals surface area contributed by atoms with Gasteiger partial charge in [0.2, 0.25) is 0 Å². The zero-order chi connectivity index (χ0) is 14.3. The first-order chi connectivity index (χ1) is 9.04. The Kier molecular flexibility index (Phi) is 7.57. The molecule has 0 unspecified atom stereocenters. The van der Waals surface area contributed by atoms with Crippen LogP contribution >= 0.6 is 23.4 Å². The van der Waals surface area contributed by atoms with Crippen molar-refractivity contribution in [1.29, 1.82) is 0 Å². The minimum Gasteiger partial charge on any atom is -0.358 e. The van der Waals surface area contributed by atoms with E-state index in [1.165, 1.54) is 0 Å². The van der Waals surface area contributed by atoms with E-state index in [1.54, 1.807) is 0 Å². The van der Waals surface area contributed by atoms with Gasteiger partial charge in [0.05, 0.1) is 5.02 Å². The fraction of sp³-hybridized carbons (Fsp3) is 0.643. The third-order valence-corrected chi connectivity index (χ3v) is 3.62. The Morgan fingerprint density at radius 3 is 2.79 bits per heavy atom. The summed E-state index contributed by atoms with van der Waals surface area (Å²) in [6.07, 6.45) is 4.01. The van der Waals surface area contributed by atoms with Crippen molar-refractivity contribution in [2.45, 2.75) is 20.4 Å². The summed E-state index contributed by atoms with van der Waals surface area (Å²) in [6, 6.07) is 2.01. The number of thioether (sulfide) groups is 1. The normalized spacial score (nSPS) is 11.1. The first-order valence-electron chi connectivity index (χ1n) is 6.59. The Morgan fingerprint density at radius 2 is 2.21 bits per heavy atom. The Hall–Kier alpha value is -0.450. The van der Waals surface area contributed by atoms with Crippen molar-refractivity contribution in [2.75, 3.05) is 37.0 Å². The van der Waals surface area contributed by atoms with Crippen LogP contribution in [0.4, 0.5) is 5.82 Å². The number of hydrogen-bond acceptors (Lipinski definition) is 4. The van der Waals surface area contributed by atoms with E-state index in [1.807, 2.05) is 31.1 Å². The lowest BCUT2D eigenvalue weighted by Gasteiger charge is -2.19. The van der Waals surface area contributed by atoms with E-state index >= 15 is 0 Å². The molecular formula is C14H24ClN3S. The molecule has 3 nitrogen and oxygen atoms in total. The highest BCUT2D eigenvalue weighted by atomic mass is 35.5. The van der Waals surface area contributed by atoms with Crippen LogP contribution in [0.2, 0.25) is 5.02 Å². The zero-order valence-electron chi connectivity index (χ0n) is 12.2. The van der Waals surface area contributed by atoms with Gasteiger partial charge in [0.25, 0.3) is 0 Å². The second-order valence-corrected chi connectivity index (χ2v) is 6.48. The lowest BCUT2D eigenvalue weighted by atomic mass is 10.2. The first-order valence-corrected chi connectivity index (χ1v) is 8.37. The molecule has 0 aliphatic carbocycles. The molecule has 1 N–H and O–H groups in total. The van der Waals surface area contributed by atoms with Crippen molar-refractivity contribution < 1.29 is 0 Å². The van der Waals surface area contributed by atoms with Crippen LogP contribution in [0.15, 0.2) is 12.3 Å². The van der Waals surface area contributed by atoms with Crippen LogP contribution in [0, 0.1) is 5.92 Å². The van der Waals surface area contributed by atoms with Crippen LogP contribution in [0.5, 0.6) is 0 Å². The number of aromatic nitrogens is 1. The fourth-order valence-electron chi connectivity index (χ4n) is 1.69. The van der Waals surface area contributed by atoms with Gasteiger partial charge in [-0.05, 0) is 30.3 Å². The fourth-order valence-corrected chi connectivity index (χ4v) is 2.48. The van der Waals surface area contributed by atoms with E-state index in [0.29, 0.717) is 5.92 Å². The van der Waals surface area contributed by atoms with Crippen molar-refractivity contribution in [3.63, 3.8) is 0 Å². The van der Waals surface area contributed by atoms with Gasteiger partial charge < -0.3 is 10.2 Å². The van der Waals surface area contributed by atoms with Crippen molar-refractivity contribution in [1.82, 2.24) is 10.3 Å². The predicted molar refractivity (Wildman–Crippen MR) is 87.4 cm³/mol. The summed E-state index contributed by atoms with van der Waals surface area (Å²) in [4.78, 5) is 6.57. The number of hydrogen-bond donors (Lipinski definition) is 1. The summed E-state index contributed by atoms with van der Waals surface area (Å²) >= 11 is 8.13. The number of nitrogens with zero attached hydrogens (tertiary/aromatic N) is 2. The summed E-state index contributed by atoms with van der Waals surface area (Å²) in [5.41, 5.74) is 1.13. The molecule has 0 radical (unpaired) electrons. The maximum atomic E-state index is 6.31. The molecule has 1 aromatic heterocycles. The van der Waals surface area contributed by atoms with Crippen molar-refractivity contribution in [3.05, 3.63) is 22.8 Å². The molecule has 1 aromatic rings. The predicted octanol–water partition coefficient (Wildman–Crippen LogP) is 3.28. The molecule has 0 spiro atoms. The zero-order valence-corrected chi connectivity index (χ0v) is 13.8. The average Bonchev–Trinajstić information content (AvgIpc) is 2.35. The number of nitrogens with one attached hydrogen (secondary N) is 1. The Balaban J connectivity index is 2.58. The largest absolute Gasteiger partial charge is 0.358 e. The topological polar surface area (TPSA) is 28.2 Å². The molecule has 5 heteroatoms. The van der Waals surface area contributed by atoms with Gasteiger partial charge in [-0.15, -0.1) is 0 Å². The first kappa shape index (κ1) is 16.6. The Morgan fingerprint density at radius 1 is 1.47 bits per heavy atom. The summed E-state index contributed by atoms with van der Waals surface area (Å²) in [5, 5.41) is 4.12. The molecule has 0 aromatic carbocycles. The van der Waals surface area contributed by atoms with E-state index in [9.17, 15) is 0 Å². The molecule has 1 heterocycles. The molecular weight excluding hydrogens is 278 g/mol. The van der Waals surface area contributed by atoms with Gasteiger partial charge in [-0.3, -0.25) is 0 Å². The molecule has 0 amide bonds. The second-order valence-electron chi connectivity index (χ2n) is 5.09. The van der Waals surface area contributed by atoms with E-state index < -0.39 is 0 Å². The Labute approximate surface area is 126 Å². The summed E-state index contributed by atoms with van der Waals surface area (Å²) in [5.74, 6) is 2.59. The molecule has 0 bridgehead atoms. The lowest BCUT2D eigenvalue weighted by Crippen LogP contribution is -2.22. The molecule has 0 aliphatic rings. The molecule has 0 atom stereocenters. The number of pyridine rings is 1. The SMILES string of the molecule is CSCCN(C)c1ncc(CNCC(C)C)cc1Cl. The van der Waals surface area contributed by atoms with Crippen molar-refractivity contribution in [3.8, 4) is 0 Å². The summed E-state index contributed by atoms with van der Waals surface area (Å²) in [6.45, 7) is 7.18. The summed E-state index contributed by atoms with van der Waals surface area (Å²) < 4.78 is 0. The van der Waals surface area contributed by atoms with Gasteiger partial charge in [0.1, 0.15) is 5.82 Å². The van der Waals surface area contributed by atoms with Crippen molar-refractivity contribution >= 4 is 29.2 Å². The van der Waals surface area contributed by atoms with Gasteiger partial charge in [-0.1, -0.05) is 25.4 Å². The van der Waals surface area contributed by atoms with Crippen LogP contribution in [-0.4, -0.2) is 37.1 Å². The van der Waals surface area contributed by atoms with Gasteiger partial charge in [0.15, 0.2) is 0 Å². The number of anilines is 1. The van der Waals surface area contributed by atoms with Gasteiger partial charge in [-0.25, -0.2) is 4.98 Å². The molecule has 19 heavy (non-hydrogen) atoms. The molecule has 1 rings (SSSR count). The van der Waals surface area contributed by atoms with Crippen LogP contribution in [0.3, 0.4) is 0 Å². The number of halogens is 1. The maximum absolute atomic E-state index is 6.31. The minimum absolute atomic E-state index is 0.653. The molecule has 108 valence electrons. The second kappa shape index (κ2) is 8.67. The summed E-state index contributed by atoms with van der Waals surface area (Å²) in [7, 11) is 2.03. The van der Waals surface area contributed by atoms with E-state index in [2.05, 4.69) is 35.3 Å². The van der Waals surface area contributed by atoms with E-state index in [-0.39, 0.29) is 0 Å². The smallest absolute Gasteiger partial charge is 0.147 e. The molecule has 0 fully saturated rings.